The smallest absolute Gasteiger partial charge is 0.406 e. The van der Waals surface area contributed by atoms with Crippen LogP contribution in [-0.4, -0.2) is 30.9 Å². The van der Waals surface area contributed by atoms with Crippen molar-refractivity contribution in [2.45, 2.75) is 19.5 Å². The van der Waals surface area contributed by atoms with E-state index in [2.05, 4.69) is 21.0 Å². The highest BCUT2D eigenvalue weighted by atomic mass is 35.5. The fourth-order valence-corrected chi connectivity index (χ4v) is 4.47. The number of hydrogen-bond donors (Lipinski definition) is 1. The molecule has 150 valence electrons. The summed E-state index contributed by atoms with van der Waals surface area (Å²) in [4.78, 5) is 2.38. The predicted octanol–water partition coefficient (Wildman–Crippen LogP) is 4.71. The lowest BCUT2D eigenvalue weighted by Crippen LogP contribution is -2.27. The van der Waals surface area contributed by atoms with Crippen LogP contribution in [0.1, 0.15) is 11.1 Å². The molecule has 1 aliphatic heterocycles. The molecule has 1 heterocycles. The van der Waals surface area contributed by atoms with Gasteiger partial charge in [-0.25, -0.2) is 0 Å². The SMILES string of the molecule is FC(F)(F)Oc1ccc(CN2CC3C(CNCc4cccc(Cl)c4)C3C2)cc1. The number of hydrogen-bond acceptors (Lipinski definition) is 3. The van der Waals surface area contributed by atoms with E-state index >= 15 is 0 Å². The highest BCUT2D eigenvalue weighted by Crippen LogP contribution is 2.51. The van der Waals surface area contributed by atoms with Gasteiger partial charge in [0.05, 0.1) is 0 Å². The average molecular weight is 411 g/mol. The molecule has 28 heavy (non-hydrogen) atoms. The van der Waals surface area contributed by atoms with E-state index in [1.807, 2.05) is 18.2 Å². The number of rotatable bonds is 7. The number of alkyl halides is 3. The van der Waals surface area contributed by atoms with Crippen molar-refractivity contribution in [3.8, 4) is 5.75 Å². The lowest BCUT2D eigenvalue weighted by molar-refractivity contribution is -0.274. The number of piperidine rings is 1. The normalized spacial score (nSPS) is 24.2. The highest BCUT2D eigenvalue weighted by molar-refractivity contribution is 6.30. The summed E-state index contributed by atoms with van der Waals surface area (Å²) < 4.78 is 40.6. The summed E-state index contributed by atoms with van der Waals surface area (Å²) in [7, 11) is 0. The monoisotopic (exact) mass is 410 g/mol. The summed E-state index contributed by atoms with van der Waals surface area (Å²) in [5.41, 5.74) is 2.20. The fourth-order valence-electron chi connectivity index (χ4n) is 4.25. The van der Waals surface area contributed by atoms with E-state index in [9.17, 15) is 13.2 Å². The third-order valence-corrected chi connectivity index (χ3v) is 5.84. The summed E-state index contributed by atoms with van der Waals surface area (Å²) in [6.07, 6.45) is -4.65. The maximum Gasteiger partial charge on any atom is 0.573 e. The minimum absolute atomic E-state index is 0.175. The van der Waals surface area contributed by atoms with Crippen molar-refractivity contribution in [3.63, 3.8) is 0 Å². The number of benzene rings is 2. The molecule has 0 radical (unpaired) electrons. The summed E-state index contributed by atoms with van der Waals surface area (Å²) in [5.74, 6) is 1.99. The number of halogens is 4. The Morgan fingerprint density at radius 2 is 1.75 bits per heavy atom. The van der Waals surface area contributed by atoms with Crippen LogP contribution in [0.25, 0.3) is 0 Å². The quantitative estimate of drug-likeness (QED) is 0.715. The molecule has 0 amide bonds. The molecule has 2 unspecified atom stereocenters. The Kier molecular flexibility index (Phi) is 5.54. The molecular formula is C21H22ClF3N2O. The van der Waals surface area contributed by atoms with E-state index in [4.69, 9.17) is 11.6 Å². The molecule has 0 aromatic heterocycles. The van der Waals surface area contributed by atoms with Gasteiger partial charge in [0.15, 0.2) is 0 Å². The largest absolute Gasteiger partial charge is 0.573 e. The summed E-state index contributed by atoms with van der Waals surface area (Å²) >= 11 is 6.01. The van der Waals surface area contributed by atoms with E-state index in [0.29, 0.717) is 0 Å². The van der Waals surface area contributed by atoms with Gasteiger partial charge in [-0.15, -0.1) is 13.2 Å². The average Bonchev–Trinajstić information content (AvgIpc) is 3.07. The van der Waals surface area contributed by atoms with Gasteiger partial charge in [-0.2, -0.15) is 0 Å². The Labute approximate surface area is 167 Å². The van der Waals surface area contributed by atoms with E-state index < -0.39 is 6.36 Å². The van der Waals surface area contributed by atoms with Gasteiger partial charge in [-0.05, 0) is 59.7 Å². The lowest BCUT2D eigenvalue weighted by atomic mass is 10.2. The topological polar surface area (TPSA) is 24.5 Å². The van der Waals surface area contributed by atoms with E-state index in [0.717, 1.165) is 61.1 Å². The Bertz CT molecular complexity index is 800. The molecule has 1 aliphatic carbocycles. The van der Waals surface area contributed by atoms with Crippen molar-refractivity contribution >= 4 is 11.6 Å². The molecule has 3 nitrogen and oxygen atoms in total. The molecular weight excluding hydrogens is 389 g/mol. The Hall–Kier alpha value is -1.76. The zero-order chi connectivity index (χ0) is 19.7. The molecule has 0 bridgehead atoms. The van der Waals surface area contributed by atoms with Gasteiger partial charge in [0.25, 0.3) is 0 Å². The first-order valence-electron chi connectivity index (χ1n) is 9.39. The molecule has 2 atom stereocenters. The molecule has 1 saturated heterocycles. The molecule has 2 aromatic carbocycles. The molecule has 1 saturated carbocycles. The van der Waals surface area contributed by atoms with Crippen LogP contribution in [0.2, 0.25) is 5.02 Å². The van der Waals surface area contributed by atoms with Crippen LogP contribution in [0.3, 0.4) is 0 Å². The first kappa shape index (κ1) is 19.6. The van der Waals surface area contributed by atoms with E-state index in [1.54, 1.807) is 12.1 Å². The fraction of sp³-hybridized carbons (Fsp3) is 0.429. The van der Waals surface area contributed by atoms with Crippen LogP contribution < -0.4 is 10.1 Å². The Balaban J connectivity index is 1.18. The van der Waals surface area contributed by atoms with Gasteiger partial charge >= 0.3 is 6.36 Å². The van der Waals surface area contributed by atoms with Gasteiger partial charge in [0.2, 0.25) is 0 Å². The molecule has 4 rings (SSSR count). The third kappa shape index (κ3) is 4.99. The molecule has 0 spiro atoms. The van der Waals surface area contributed by atoms with Crippen LogP contribution in [-0.2, 0) is 13.1 Å². The minimum Gasteiger partial charge on any atom is -0.406 e. The number of nitrogens with zero attached hydrogens (tertiary/aromatic N) is 1. The van der Waals surface area contributed by atoms with Gasteiger partial charge in [0, 0.05) is 31.2 Å². The zero-order valence-corrected chi connectivity index (χ0v) is 16.0. The van der Waals surface area contributed by atoms with Gasteiger partial charge in [-0.1, -0.05) is 35.9 Å². The van der Waals surface area contributed by atoms with Crippen LogP contribution >= 0.6 is 11.6 Å². The first-order chi connectivity index (χ1) is 13.4. The van der Waals surface area contributed by atoms with Crippen molar-refractivity contribution in [3.05, 3.63) is 64.7 Å². The van der Waals surface area contributed by atoms with Crippen molar-refractivity contribution < 1.29 is 17.9 Å². The van der Waals surface area contributed by atoms with Gasteiger partial charge in [-0.3, -0.25) is 4.90 Å². The van der Waals surface area contributed by atoms with Crippen molar-refractivity contribution in [1.29, 1.82) is 0 Å². The third-order valence-electron chi connectivity index (χ3n) is 5.61. The molecule has 2 fully saturated rings. The van der Waals surface area contributed by atoms with Crippen molar-refractivity contribution in [1.82, 2.24) is 10.2 Å². The van der Waals surface area contributed by atoms with Crippen LogP contribution in [0, 0.1) is 17.8 Å². The number of nitrogens with one attached hydrogen (secondary N) is 1. The van der Waals surface area contributed by atoms with Gasteiger partial charge < -0.3 is 10.1 Å². The number of likely N-dealkylation sites (tertiary alicyclic amines) is 1. The molecule has 2 aromatic rings. The number of fused-ring (bicyclic) bond motifs is 1. The summed E-state index contributed by atoms with van der Waals surface area (Å²) in [5, 5.41) is 4.29. The molecule has 1 N–H and O–H groups in total. The highest BCUT2D eigenvalue weighted by Gasteiger charge is 2.54. The first-order valence-corrected chi connectivity index (χ1v) is 9.77. The summed E-state index contributed by atoms with van der Waals surface area (Å²) in [6.45, 7) is 4.71. The second kappa shape index (κ2) is 7.93. The van der Waals surface area contributed by atoms with Gasteiger partial charge in [0.1, 0.15) is 5.75 Å². The standard InChI is InChI=1S/C21H22ClF3N2O/c22-16-3-1-2-15(8-16)9-26-10-18-19-12-27(13-20(18)19)11-14-4-6-17(7-5-14)28-21(23,24)25/h1-8,18-20,26H,9-13H2. The number of ether oxygens (including phenoxy) is 1. The van der Waals surface area contributed by atoms with Crippen molar-refractivity contribution in [2.75, 3.05) is 19.6 Å². The Morgan fingerprint density at radius 3 is 2.39 bits per heavy atom. The second-order valence-corrected chi connectivity index (χ2v) is 8.07. The van der Waals surface area contributed by atoms with Crippen LogP contribution in [0.15, 0.2) is 48.5 Å². The minimum atomic E-state index is -4.65. The van der Waals surface area contributed by atoms with E-state index in [1.165, 1.54) is 17.7 Å². The van der Waals surface area contributed by atoms with E-state index in [-0.39, 0.29) is 5.75 Å². The second-order valence-electron chi connectivity index (χ2n) is 7.64. The summed E-state index contributed by atoms with van der Waals surface area (Å²) in [6, 6.07) is 14.1. The molecule has 7 heteroatoms. The maximum atomic E-state index is 12.2. The van der Waals surface area contributed by atoms with Crippen LogP contribution in [0.5, 0.6) is 5.75 Å². The zero-order valence-electron chi connectivity index (χ0n) is 15.3. The Morgan fingerprint density at radius 1 is 1.04 bits per heavy atom. The van der Waals surface area contributed by atoms with Crippen LogP contribution in [0.4, 0.5) is 13.2 Å². The maximum absolute atomic E-state index is 12.2. The molecule has 2 aliphatic rings. The lowest BCUT2D eigenvalue weighted by Gasteiger charge is -2.20. The van der Waals surface area contributed by atoms with Crippen molar-refractivity contribution in [2.24, 2.45) is 17.8 Å². The predicted molar refractivity (Wildman–Crippen MR) is 102 cm³/mol.